The summed E-state index contributed by atoms with van der Waals surface area (Å²) in [4.78, 5) is 2.47. The Labute approximate surface area is 104 Å². The summed E-state index contributed by atoms with van der Waals surface area (Å²) in [7, 11) is 2.02. The summed E-state index contributed by atoms with van der Waals surface area (Å²) < 4.78 is 5.75. The summed E-state index contributed by atoms with van der Waals surface area (Å²) in [6.07, 6.45) is 1.18. The second-order valence-corrected chi connectivity index (χ2v) is 4.71. The smallest absolute Gasteiger partial charge is 0.123 e. The number of rotatable bonds is 4. The normalized spacial score (nSPS) is 18.0. The molecule has 0 spiro atoms. The molecule has 1 atom stereocenters. The maximum absolute atomic E-state index is 5.75. The largest absolute Gasteiger partial charge is 0.492 e. The summed E-state index contributed by atoms with van der Waals surface area (Å²) in [5.41, 5.74) is 1.31. The van der Waals surface area contributed by atoms with Crippen molar-refractivity contribution in [1.29, 1.82) is 0 Å². The summed E-state index contributed by atoms with van der Waals surface area (Å²) in [6.45, 7) is 6.17. The number of benzene rings is 1. The van der Waals surface area contributed by atoms with Crippen LogP contribution in [0.5, 0.6) is 5.75 Å². The van der Waals surface area contributed by atoms with Gasteiger partial charge in [0.1, 0.15) is 12.4 Å². The first-order chi connectivity index (χ1) is 8.29. The second-order valence-electron chi connectivity index (χ2n) is 4.71. The van der Waals surface area contributed by atoms with Crippen LogP contribution in [-0.4, -0.2) is 37.7 Å². The molecule has 0 bridgehead atoms. The summed E-state index contributed by atoms with van der Waals surface area (Å²) >= 11 is 0. The van der Waals surface area contributed by atoms with Crippen molar-refractivity contribution >= 4 is 0 Å². The maximum atomic E-state index is 5.75. The van der Waals surface area contributed by atoms with E-state index in [2.05, 4.69) is 35.3 Å². The van der Waals surface area contributed by atoms with Crippen molar-refractivity contribution in [2.24, 2.45) is 0 Å². The highest BCUT2D eigenvalue weighted by molar-refractivity contribution is 5.33. The van der Waals surface area contributed by atoms with E-state index < -0.39 is 0 Å². The van der Waals surface area contributed by atoms with Gasteiger partial charge in [0, 0.05) is 31.2 Å². The molecule has 0 amide bonds. The predicted molar refractivity (Wildman–Crippen MR) is 70.4 cm³/mol. The van der Waals surface area contributed by atoms with Crippen LogP contribution in [0.3, 0.4) is 0 Å². The van der Waals surface area contributed by atoms with Crippen LogP contribution in [0.2, 0.25) is 0 Å². The van der Waals surface area contributed by atoms with Crippen LogP contribution in [-0.2, 0) is 6.54 Å². The summed E-state index contributed by atoms with van der Waals surface area (Å²) in [6, 6.07) is 8.93. The molecule has 1 N–H and O–H groups in total. The van der Waals surface area contributed by atoms with E-state index in [1.165, 1.54) is 12.0 Å². The van der Waals surface area contributed by atoms with E-state index in [4.69, 9.17) is 4.74 Å². The Balaban J connectivity index is 1.94. The third-order valence-electron chi connectivity index (χ3n) is 3.40. The van der Waals surface area contributed by atoms with Crippen molar-refractivity contribution in [3.8, 4) is 5.75 Å². The number of fused-ring (bicyclic) bond motifs is 1. The van der Waals surface area contributed by atoms with Crippen LogP contribution in [0, 0.1) is 0 Å². The molecule has 1 aliphatic heterocycles. The molecule has 94 valence electrons. The van der Waals surface area contributed by atoms with Gasteiger partial charge in [-0.3, -0.25) is 4.90 Å². The van der Waals surface area contributed by atoms with Crippen LogP contribution in [0.15, 0.2) is 24.3 Å². The zero-order valence-electron chi connectivity index (χ0n) is 10.8. The van der Waals surface area contributed by atoms with Crippen molar-refractivity contribution < 1.29 is 4.74 Å². The lowest BCUT2D eigenvalue weighted by molar-refractivity contribution is 0.218. The molecule has 1 unspecified atom stereocenters. The molecule has 0 saturated carbocycles. The number of nitrogens with zero attached hydrogens (tertiary/aromatic N) is 1. The zero-order chi connectivity index (χ0) is 12.1. The average Bonchev–Trinajstić information content (AvgIpc) is 2.57. The van der Waals surface area contributed by atoms with Crippen molar-refractivity contribution in [2.45, 2.75) is 25.9 Å². The van der Waals surface area contributed by atoms with Crippen molar-refractivity contribution in [1.82, 2.24) is 10.2 Å². The highest BCUT2D eigenvalue weighted by Gasteiger charge is 2.14. The first-order valence-corrected chi connectivity index (χ1v) is 6.40. The molecule has 0 aromatic heterocycles. The van der Waals surface area contributed by atoms with Gasteiger partial charge in [0.25, 0.3) is 0 Å². The first kappa shape index (κ1) is 12.4. The van der Waals surface area contributed by atoms with E-state index in [9.17, 15) is 0 Å². The lowest BCUT2D eigenvalue weighted by atomic mass is 10.1. The van der Waals surface area contributed by atoms with Crippen molar-refractivity contribution in [2.75, 3.05) is 26.7 Å². The van der Waals surface area contributed by atoms with Crippen LogP contribution in [0.25, 0.3) is 0 Å². The number of hydrogen-bond acceptors (Lipinski definition) is 3. The van der Waals surface area contributed by atoms with Gasteiger partial charge < -0.3 is 10.1 Å². The van der Waals surface area contributed by atoms with Crippen LogP contribution >= 0.6 is 0 Å². The Kier molecular flexibility index (Phi) is 4.40. The van der Waals surface area contributed by atoms with Gasteiger partial charge in [-0.25, -0.2) is 0 Å². The standard InChI is InChI=1S/C14H22N2O/c1-12(15-2)7-8-16-9-10-17-14-6-4-3-5-13(14)11-16/h3-6,12,15H,7-11H2,1-2H3. The molecule has 3 heteroatoms. The fourth-order valence-electron chi connectivity index (χ4n) is 2.09. The lowest BCUT2D eigenvalue weighted by Gasteiger charge is -2.21. The molecule has 1 aliphatic rings. The molecule has 3 nitrogen and oxygen atoms in total. The second kappa shape index (κ2) is 6.03. The zero-order valence-corrected chi connectivity index (χ0v) is 10.8. The van der Waals surface area contributed by atoms with Crippen LogP contribution in [0.4, 0.5) is 0 Å². The third-order valence-corrected chi connectivity index (χ3v) is 3.40. The molecule has 1 aromatic carbocycles. The van der Waals surface area contributed by atoms with Gasteiger partial charge in [-0.05, 0) is 26.5 Å². The highest BCUT2D eigenvalue weighted by Crippen LogP contribution is 2.22. The minimum absolute atomic E-state index is 0.578. The van der Waals surface area contributed by atoms with Gasteiger partial charge in [0.15, 0.2) is 0 Å². The van der Waals surface area contributed by atoms with Crippen LogP contribution in [0.1, 0.15) is 18.9 Å². The van der Waals surface area contributed by atoms with Gasteiger partial charge in [0.2, 0.25) is 0 Å². The number of para-hydroxylation sites is 1. The van der Waals surface area contributed by atoms with Gasteiger partial charge >= 0.3 is 0 Å². The fourth-order valence-corrected chi connectivity index (χ4v) is 2.09. The number of nitrogens with one attached hydrogen (secondary N) is 1. The molecule has 2 rings (SSSR count). The monoisotopic (exact) mass is 234 g/mol. The first-order valence-electron chi connectivity index (χ1n) is 6.40. The van der Waals surface area contributed by atoms with E-state index in [-0.39, 0.29) is 0 Å². The highest BCUT2D eigenvalue weighted by atomic mass is 16.5. The number of hydrogen-bond donors (Lipinski definition) is 1. The molecular weight excluding hydrogens is 212 g/mol. The lowest BCUT2D eigenvalue weighted by Crippen LogP contribution is -2.31. The fraction of sp³-hybridized carbons (Fsp3) is 0.571. The Morgan fingerprint density at radius 3 is 3.06 bits per heavy atom. The van der Waals surface area contributed by atoms with Crippen molar-refractivity contribution in [3.63, 3.8) is 0 Å². The SMILES string of the molecule is CNC(C)CCN1CCOc2ccccc2C1. The van der Waals surface area contributed by atoms with E-state index in [1.807, 2.05) is 13.1 Å². The average molecular weight is 234 g/mol. The van der Waals surface area contributed by atoms with Gasteiger partial charge in [-0.15, -0.1) is 0 Å². The number of ether oxygens (including phenoxy) is 1. The minimum Gasteiger partial charge on any atom is -0.492 e. The topological polar surface area (TPSA) is 24.5 Å². The summed E-state index contributed by atoms with van der Waals surface area (Å²) in [5, 5.41) is 3.28. The van der Waals surface area contributed by atoms with E-state index >= 15 is 0 Å². The van der Waals surface area contributed by atoms with E-state index in [0.717, 1.165) is 32.0 Å². The summed E-state index contributed by atoms with van der Waals surface area (Å²) in [5.74, 6) is 1.05. The predicted octanol–water partition coefficient (Wildman–Crippen LogP) is 1.88. The molecule has 1 heterocycles. The maximum Gasteiger partial charge on any atom is 0.123 e. The third kappa shape index (κ3) is 3.45. The van der Waals surface area contributed by atoms with Gasteiger partial charge in [0.05, 0.1) is 0 Å². The Morgan fingerprint density at radius 1 is 1.41 bits per heavy atom. The van der Waals surface area contributed by atoms with Gasteiger partial charge in [-0.2, -0.15) is 0 Å². The Bertz CT molecular complexity index is 354. The Hall–Kier alpha value is -1.06. The molecule has 0 saturated heterocycles. The van der Waals surface area contributed by atoms with Crippen molar-refractivity contribution in [3.05, 3.63) is 29.8 Å². The minimum atomic E-state index is 0.578. The molecule has 1 aromatic rings. The van der Waals surface area contributed by atoms with E-state index in [1.54, 1.807) is 0 Å². The molecular formula is C14H22N2O. The van der Waals surface area contributed by atoms with E-state index in [0.29, 0.717) is 6.04 Å². The molecule has 0 aliphatic carbocycles. The molecule has 0 radical (unpaired) electrons. The quantitative estimate of drug-likeness (QED) is 0.861. The molecule has 0 fully saturated rings. The van der Waals surface area contributed by atoms with Crippen LogP contribution < -0.4 is 10.1 Å². The Morgan fingerprint density at radius 2 is 2.24 bits per heavy atom. The molecule has 17 heavy (non-hydrogen) atoms. The van der Waals surface area contributed by atoms with Gasteiger partial charge in [-0.1, -0.05) is 18.2 Å².